The van der Waals surface area contributed by atoms with Crippen LogP contribution in [0.4, 0.5) is 0 Å². The Kier molecular flexibility index (Phi) is 4.77. The second-order valence-corrected chi connectivity index (χ2v) is 3.79. The van der Waals surface area contributed by atoms with E-state index in [1.165, 1.54) is 18.1 Å². The fourth-order valence-electron chi connectivity index (χ4n) is 1.41. The molecule has 2 heteroatoms. The van der Waals surface area contributed by atoms with E-state index in [1.807, 2.05) is 12.1 Å². The highest BCUT2D eigenvalue weighted by atomic mass is 16.5. The predicted molar refractivity (Wildman–Crippen MR) is 66.1 cm³/mol. The van der Waals surface area contributed by atoms with Gasteiger partial charge in [-0.15, -0.1) is 0 Å². The standard InChI is InChI=1S/C14H18O2/c1-4-13(10-16-12(3)15)9-14-8-6-5-7-11(14)2/h5-9H,4,10H2,1-3H3. The average Bonchev–Trinajstić information content (AvgIpc) is 2.26. The van der Waals surface area contributed by atoms with Crippen molar-refractivity contribution in [2.45, 2.75) is 27.2 Å². The minimum atomic E-state index is -0.232. The van der Waals surface area contributed by atoms with Crippen molar-refractivity contribution in [1.82, 2.24) is 0 Å². The molecule has 0 aliphatic carbocycles. The quantitative estimate of drug-likeness (QED) is 0.724. The lowest BCUT2D eigenvalue weighted by Gasteiger charge is -2.06. The number of rotatable bonds is 4. The zero-order valence-corrected chi connectivity index (χ0v) is 10.1. The van der Waals surface area contributed by atoms with Gasteiger partial charge in [0, 0.05) is 6.92 Å². The largest absolute Gasteiger partial charge is 0.461 e. The Balaban J connectivity index is 2.79. The third-order valence-electron chi connectivity index (χ3n) is 2.46. The number of esters is 1. The van der Waals surface area contributed by atoms with Crippen LogP contribution in [0.25, 0.3) is 6.08 Å². The summed E-state index contributed by atoms with van der Waals surface area (Å²) in [6, 6.07) is 8.17. The molecule has 86 valence electrons. The SMILES string of the molecule is CCC(=Cc1ccccc1C)COC(C)=O. The van der Waals surface area contributed by atoms with Crippen molar-refractivity contribution in [3.8, 4) is 0 Å². The molecule has 1 rings (SSSR count). The maximum absolute atomic E-state index is 10.7. The van der Waals surface area contributed by atoms with Crippen LogP contribution in [-0.2, 0) is 9.53 Å². The van der Waals surface area contributed by atoms with Gasteiger partial charge in [-0.05, 0) is 30.0 Å². The summed E-state index contributed by atoms with van der Waals surface area (Å²) in [7, 11) is 0. The fraction of sp³-hybridized carbons (Fsp3) is 0.357. The summed E-state index contributed by atoms with van der Waals surface area (Å²) in [6.45, 7) is 5.96. The highest BCUT2D eigenvalue weighted by molar-refractivity contribution is 5.66. The van der Waals surface area contributed by atoms with E-state index in [-0.39, 0.29) is 5.97 Å². The topological polar surface area (TPSA) is 26.3 Å². The van der Waals surface area contributed by atoms with Crippen molar-refractivity contribution in [3.05, 3.63) is 41.0 Å². The highest BCUT2D eigenvalue weighted by Gasteiger charge is 2.00. The van der Waals surface area contributed by atoms with Crippen molar-refractivity contribution in [2.75, 3.05) is 6.61 Å². The Bertz CT molecular complexity index is 391. The fourth-order valence-corrected chi connectivity index (χ4v) is 1.41. The van der Waals surface area contributed by atoms with Crippen molar-refractivity contribution in [3.63, 3.8) is 0 Å². The first-order valence-corrected chi connectivity index (χ1v) is 5.52. The number of carbonyl (C=O) groups excluding carboxylic acids is 1. The molecule has 0 aliphatic rings. The Morgan fingerprint density at radius 1 is 1.38 bits per heavy atom. The van der Waals surface area contributed by atoms with Crippen molar-refractivity contribution in [1.29, 1.82) is 0 Å². The summed E-state index contributed by atoms with van der Waals surface area (Å²) in [5, 5.41) is 0. The van der Waals surface area contributed by atoms with Crippen LogP contribution >= 0.6 is 0 Å². The Morgan fingerprint density at radius 3 is 2.62 bits per heavy atom. The summed E-state index contributed by atoms with van der Waals surface area (Å²) < 4.78 is 5.00. The second kappa shape index (κ2) is 6.11. The lowest BCUT2D eigenvalue weighted by molar-refractivity contribution is -0.139. The molecular formula is C14H18O2. The highest BCUT2D eigenvalue weighted by Crippen LogP contribution is 2.14. The van der Waals surface area contributed by atoms with E-state index < -0.39 is 0 Å². The summed E-state index contributed by atoms with van der Waals surface area (Å²) in [5.74, 6) is -0.232. The van der Waals surface area contributed by atoms with E-state index in [2.05, 4.69) is 32.1 Å². The number of ether oxygens (including phenoxy) is 1. The van der Waals surface area contributed by atoms with Gasteiger partial charge in [0.25, 0.3) is 0 Å². The van der Waals surface area contributed by atoms with E-state index in [0.717, 1.165) is 12.0 Å². The number of benzene rings is 1. The van der Waals surface area contributed by atoms with Gasteiger partial charge in [-0.2, -0.15) is 0 Å². The molecule has 0 saturated carbocycles. The Hall–Kier alpha value is -1.57. The normalized spacial score (nSPS) is 11.3. The molecule has 1 aromatic rings. The summed E-state index contributed by atoms with van der Waals surface area (Å²) in [6.07, 6.45) is 2.99. The van der Waals surface area contributed by atoms with Crippen LogP contribution in [0, 0.1) is 6.92 Å². The molecule has 1 aromatic carbocycles. The van der Waals surface area contributed by atoms with Crippen LogP contribution in [0.5, 0.6) is 0 Å². The second-order valence-electron chi connectivity index (χ2n) is 3.79. The van der Waals surface area contributed by atoms with Crippen molar-refractivity contribution in [2.24, 2.45) is 0 Å². The van der Waals surface area contributed by atoms with E-state index >= 15 is 0 Å². The predicted octanol–water partition coefficient (Wildman–Crippen LogP) is 3.35. The zero-order chi connectivity index (χ0) is 12.0. The molecule has 0 radical (unpaired) electrons. The van der Waals surface area contributed by atoms with Crippen LogP contribution < -0.4 is 0 Å². The zero-order valence-electron chi connectivity index (χ0n) is 10.1. The van der Waals surface area contributed by atoms with E-state index in [0.29, 0.717) is 6.61 Å². The smallest absolute Gasteiger partial charge is 0.302 e. The molecule has 0 saturated heterocycles. The molecular weight excluding hydrogens is 200 g/mol. The first kappa shape index (κ1) is 12.5. The summed E-state index contributed by atoms with van der Waals surface area (Å²) in [4.78, 5) is 10.7. The first-order chi connectivity index (χ1) is 7.63. The third-order valence-corrected chi connectivity index (χ3v) is 2.46. The Labute approximate surface area is 96.9 Å². The van der Waals surface area contributed by atoms with Gasteiger partial charge < -0.3 is 4.74 Å². The van der Waals surface area contributed by atoms with Gasteiger partial charge in [-0.25, -0.2) is 0 Å². The van der Waals surface area contributed by atoms with E-state index in [1.54, 1.807) is 0 Å². The van der Waals surface area contributed by atoms with Crippen LogP contribution in [0.1, 0.15) is 31.4 Å². The third kappa shape index (κ3) is 3.89. The number of aryl methyl sites for hydroxylation is 1. The minimum Gasteiger partial charge on any atom is -0.461 e. The molecule has 0 heterocycles. The van der Waals surface area contributed by atoms with Gasteiger partial charge in [-0.1, -0.05) is 37.3 Å². The molecule has 0 unspecified atom stereocenters. The molecule has 0 aromatic heterocycles. The van der Waals surface area contributed by atoms with Gasteiger partial charge in [0.2, 0.25) is 0 Å². The van der Waals surface area contributed by atoms with Crippen LogP contribution in [0.2, 0.25) is 0 Å². The Morgan fingerprint density at radius 2 is 2.06 bits per heavy atom. The summed E-state index contributed by atoms with van der Waals surface area (Å²) in [5.41, 5.74) is 3.55. The monoisotopic (exact) mass is 218 g/mol. The molecule has 0 amide bonds. The lowest BCUT2D eigenvalue weighted by atomic mass is 10.0. The average molecular weight is 218 g/mol. The molecule has 0 N–H and O–H groups in total. The maximum atomic E-state index is 10.7. The van der Waals surface area contributed by atoms with E-state index in [4.69, 9.17) is 4.74 Å². The lowest BCUT2D eigenvalue weighted by Crippen LogP contribution is -2.02. The van der Waals surface area contributed by atoms with Gasteiger partial charge in [0.1, 0.15) is 6.61 Å². The van der Waals surface area contributed by atoms with Gasteiger partial charge in [0.05, 0.1) is 0 Å². The summed E-state index contributed by atoms with van der Waals surface area (Å²) >= 11 is 0. The van der Waals surface area contributed by atoms with E-state index in [9.17, 15) is 4.79 Å². The van der Waals surface area contributed by atoms with Crippen LogP contribution in [0.15, 0.2) is 29.8 Å². The van der Waals surface area contributed by atoms with Gasteiger partial charge in [0.15, 0.2) is 0 Å². The molecule has 0 fully saturated rings. The van der Waals surface area contributed by atoms with Crippen LogP contribution in [0.3, 0.4) is 0 Å². The number of carbonyl (C=O) groups is 1. The first-order valence-electron chi connectivity index (χ1n) is 5.52. The van der Waals surface area contributed by atoms with Gasteiger partial charge in [-0.3, -0.25) is 4.79 Å². The number of hydrogen-bond acceptors (Lipinski definition) is 2. The van der Waals surface area contributed by atoms with Gasteiger partial charge >= 0.3 is 5.97 Å². The molecule has 0 aliphatic heterocycles. The molecule has 2 nitrogen and oxygen atoms in total. The minimum absolute atomic E-state index is 0.232. The molecule has 16 heavy (non-hydrogen) atoms. The molecule has 0 bridgehead atoms. The molecule has 0 atom stereocenters. The number of hydrogen-bond donors (Lipinski definition) is 0. The van der Waals surface area contributed by atoms with Crippen molar-refractivity contribution < 1.29 is 9.53 Å². The van der Waals surface area contributed by atoms with Crippen LogP contribution in [-0.4, -0.2) is 12.6 Å². The maximum Gasteiger partial charge on any atom is 0.302 e. The van der Waals surface area contributed by atoms with Crippen molar-refractivity contribution >= 4 is 12.0 Å². The molecule has 0 spiro atoms.